The number of carbonyl (C=O) groups is 1. The number of benzene rings is 2. The summed E-state index contributed by atoms with van der Waals surface area (Å²) in [5.41, 5.74) is 6.57. The SMILES string of the molecule is C=CC(=O)NNc1ccc(O)c(O/C=C/c2ccc(OC)cc2)c1. The second kappa shape index (κ2) is 8.28. The van der Waals surface area contributed by atoms with Gasteiger partial charge in [0.2, 0.25) is 0 Å². The smallest absolute Gasteiger partial charge is 0.261 e. The Bertz CT molecular complexity index is 739. The van der Waals surface area contributed by atoms with Crippen LogP contribution >= 0.6 is 0 Å². The van der Waals surface area contributed by atoms with Gasteiger partial charge in [0.15, 0.2) is 11.5 Å². The molecule has 0 aliphatic rings. The molecule has 0 radical (unpaired) electrons. The van der Waals surface area contributed by atoms with E-state index in [-0.39, 0.29) is 17.4 Å². The summed E-state index contributed by atoms with van der Waals surface area (Å²) in [6.45, 7) is 3.35. The number of hydrazine groups is 1. The Balaban J connectivity index is 2.01. The molecule has 124 valence electrons. The van der Waals surface area contributed by atoms with Crippen molar-refractivity contribution in [2.24, 2.45) is 0 Å². The van der Waals surface area contributed by atoms with E-state index in [4.69, 9.17) is 9.47 Å². The molecule has 1 amide bonds. The average Bonchev–Trinajstić information content (AvgIpc) is 2.62. The molecule has 24 heavy (non-hydrogen) atoms. The lowest BCUT2D eigenvalue weighted by Gasteiger charge is -2.09. The first-order valence-electron chi connectivity index (χ1n) is 7.11. The first-order chi connectivity index (χ1) is 11.6. The average molecular weight is 326 g/mol. The van der Waals surface area contributed by atoms with Crippen LogP contribution in [-0.2, 0) is 4.79 Å². The summed E-state index contributed by atoms with van der Waals surface area (Å²) in [4.78, 5) is 11.1. The van der Waals surface area contributed by atoms with Gasteiger partial charge in [-0.2, -0.15) is 0 Å². The van der Waals surface area contributed by atoms with E-state index in [0.717, 1.165) is 17.4 Å². The number of rotatable bonds is 7. The van der Waals surface area contributed by atoms with Crippen molar-refractivity contribution >= 4 is 17.7 Å². The fourth-order valence-electron chi connectivity index (χ4n) is 1.77. The van der Waals surface area contributed by atoms with E-state index in [0.29, 0.717) is 5.69 Å². The molecule has 0 aliphatic heterocycles. The molecule has 0 aliphatic carbocycles. The van der Waals surface area contributed by atoms with E-state index in [2.05, 4.69) is 17.4 Å². The van der Waals surface area contributed by atoms with Crippen LogP contribution in [0.4, 0.5) is 5.69 Å². The Kier molecular flexibility index (Phi) is 5.85. The second-order valence-electron chi connectivity index (χ2n) is 4.69. The zero-order valence-electron chi connectivity index (χ0n) is 13.2. The summed E-state index contributed by atoms with van der Waals surface area (Å²) in [6.07, 6.45) is 4.35. The van der Waals surface area contributed by atoms with E-state index < -0.39 is 0 Å². The largest absolute Gasteiger partial charge is 0.504 e. The highest BCUT2D eigenvalue weighted by molar-refractivity contribution is 5.87. The molecule has 0 heterocycles. The number of hydrogen-bond acceptors (Lipinski definition) is 5. The molecule has 0 saturated carbocycles. The Hall–Kier alpha value is -3.41. The number of methoxy groups -OCH3 is 1. The number of carbonyl (C=O) groups excluding carboxylic acids is 1. The zero-order valence-corrected chi connectivity index (χ0v) is 13.2. The van der Waals surface area contributed by atoms with Crippen LogP contribution in [0.15, 0.2) is 61.4 Å². The molecule has 2 aromatic carbocycles. The topological polar surface area (TPSA) is 79.8 Å². The summed E-state index contributed by atoms with van der Waals surface area (Å²) < 4.78 is 10.5. The maximum Gasteiger partial charge on any atom is 0.261 e. The number of nitrogens with one attached hydrogen (secondary N) is 2. The van der Waals surface area contributed by atoms with Crippen molar-refractivity contribution in [3.05, 3.63) is 66.9 Å². The molecule has 0 unspecified atom stereocenters. The van der Waals surface area contributed by atoms with Gasteiger partial charge in [0.25, 0.3) is 5.91 Å². The van der Waals surface area contributed by atoms with Crippen LogP contribution in [0.3, 0.4) is 0 Å². The molecule has 6 nitrogen and oxygen atoms in total. The molecule has 6 heteroatoms. The minimum atomic E-state index is -0.370. The van der Waals surface area contributed by atoms with Crippen molar-refractivity contribution in [2.45, 2.75) is 0 Å². The van der Waals surface area contributed by atoms with Crippen molar-refractivity contribution in [2.75, 3.05) is 12.5 Å². The normalized spacial score (nSPS) is 10.2. The van der Waals surface area contributed by atoms with E-state index >= 15 is 0 Å². The maximum absolute atomic E-state index is 11.1. The van der Waals surface area contributed by atoms with Crippen LogP contribution in [0, 0.1) is 0 Å². The molecular weight excluding hydrogens is 308 g/mol. The summed E-state index contributed by atoms with van der Waals surface area (Å²) in [5, 5.41) is 9.82. The van der Waals surface area contributed by atoms with E-state index in [1.165, 1.54) is 12.3 Å². The van der Waals surface area contributed by atoms with Crippen LogP contribution < -0.4 is 20.3 Å². The minimum absolute atomic E-state index is 0.0185. The zero-order chi connectivity index (χ0) is 17.4. The van der Waals surface area contributed by atoms with E-state index in [1.54, 1.807) is 25.3 Å². The van der Waals surface area contributed by atoms with Crippen molar-refractivity contribution < 1.29 is 19.4 Å². The molecule has 0 fully saturated rings. The van der Waals surface area contributed by atoms with Crippen LogP contribution in [0.25, 0.3) is 6.08 Å². The Morgan fingerprint density at radius 1 is 1.21 bits per heavy atom. The molecule has 0 saturated heterocycles. The summed E-state index contributed by atoms with van der Waals surface area (Å²) in [7, 11) is 1.61. The first-order valence-corrected chi connectivity index (χ1v) is 7.11. The Morgan fingerprint density at radius 2 is 1.96 bits per heavy atom. The Morgan fingerprint density at radius 3 is 2.62 bits per heavy atom. The third-order valence-corrected chi connectivity index (χ3v) is 3.05. The van der Waals surface area contributed by atoms with Gasteiger partial charge in [-0.3, -0.25) is 15.6 Å². The quantitative estimate of drug-likeness (QED) is 0.315. The van der Waals surface area contributed by atoms with E-state index in [9.17, 15) is 9.90 Å². The van der Waals surface area contributed by atoms with Gasteiger partial charge in [0.1, 0.15) is 5.75 Å². The number of amides is 1. The summed E-state index contributed by atoms with van der Waals surface area (Å²) in [6, 6.07) is 12.0. The molecule has 3 N–H and O–H groups in total. The van der Waals surface area contributed by atoms with Crippen LogP contribution in [0.2, 0.25) is 0 Å². The lowest BCUT2D eigenvalue weighted by Crippen LogP contribution is -2.27. The molecule has 2 rings (SSSR count). The van der Waals surface area contributed by atoms with Gasteiger partial charge >= 0.3 is 0 Å². The van der Waals surface area contributed by atoms with Gasteiger partial charge in [-0.1, -0.05) is 18.7 Å². The number of aromatic hydroxyl groups is 1. The molecule has 2 aromatic rings. The molecular formula is C18H18N2O4. The standard InChI is InChI=1S/C18H18N2O4/c1-3-18(22)20-19-14-6-9-16(21)17(12-14)24-11-10-13-4-7-15(23-2)8-5-13/h3-12,19,21H,1H2,2H3,(H,20,22)/b11-10+. The number of phenolic OH excluding ortho intramolecular Hbond substituents is 1. The van der Waals surface area contributed by atoms with Crippen molar-refractivity contribution in [3.63, 3.8) is 0 Å². The lowest BCUT2D eigenvalue weighted by atomic mass is 10.2. The lowest BCUT2D eigenvalue weighted by molar-refractivity contribution is -0.116. The molecule has 0 aromatic heterocycles. The fraction of sp³-hybridized carbons (Fsp3) is 0.0556. The van der Waals surface area contributed by atoms with Crippen LogP contribution in [0.5, 0.6) is 17.2 Å². The number of phenols is 1. The van der Waals surface area contributed by atoms with Crippen molar-refractivity contribution in [3.8, 4) is 17.2 Å². The van der Waals surface area contributed by atoms with Gasteiger partial charge in [-0.25, -0.2) is 0 Å². The first kappa shape index (κ1) is 17.0. The third kappa shape index (κ3) is 4.81. The highest BCUT2D eigenvalue weighted by Gasteiger charge is 2.03. The Labute approximate surface area is 140 Å². The number of ether oxygens (including phenoxy) is 2. The van der Waals surface area contributed by atoms with Gasteiger partial charge in [0.05, 0.1) is 19.1 Å². The predicted molar refractivity (Wildman–Crippen MR) is 92.7 cm³/mol. The second-order valence-corrected chi connectivity index (χ2v) is 4.69. The van der Waals surface area contributed by atoms with Gasteiger partial charge in [-0.05, 0) is 42.0 Å². The summed E-state index contributed by atoms with van der Waals surface area (Å²) in [5.74, 6) is 0.628. The molecule has 0 spiro atoms. The highest BCUT2D eigenvalue weighted by Crippen LogP contribution is 2.29. The number of hydrogen-bond donors (Lipinski definition) is 3. The monoisotopic (exact) mass is 326 g/mol. The third-order valence-electron chi connectivity index (χ3n) is 3.05. The van der Waals surface area contributed by atoms with Crippen molar-refractivity contribution in [1.29, 1.82) is 0 Å². The van der Waals surface area contributed by atoms with Gasteiger partial charge < -0.3 is 14.6 Å². The van der Waals surface area contributed by atoms with Crippen molar-refractivity contribution in [1.82, 2.24) is 5.43 Å². The minimum Gasteiger partial charge on any atom is -0.504 e. The highest BCUT2D eigenvalue weighted by atomic mass is 16.5. The molecule has 0 atom stereocenters. The maximum atomic E-state index is 11.1. The molecule has 0 bridgehead atoms. The summed E-state index contributed by atoms with van der Waals surface area (Å²) >= 11 is 0. The fourth-order valence-corrected chi connectivity index (χ4v) is 1.77. The van der Waals surface area contributed by atoms with Crippen LogP contribution in [-0.4, -0.2) is 18.1 Å². The van der Waals surface area contributed by atoms with Crippen LogP contribution in [0.1, 0.15) is 5.56 Å². The van der Waals surface area contributed by atoms with Gasteiger partial charge in [0, 0.05) is 6.07 Å². The number of anilines is 1. The van der Waals surface area contributed by atoms with Gasteiger partial charge in [-0.15, -0.1) is 0 Å². The van der Waals surface area contributed by atoms with E-state index in [1.807, 2.05) is 24.3 Å². The predicted octanol–water partition coefficient (Wildman–Crippen LogP) is 3.08.